The van der Waals surface area contributed by atoms with Crippen LogP contribution in [0.3, 0.4) is 0 Å². The van der Waals surface area contributed by atoms with Gasteiger partial charge in [-0.25, -0.2) is 0 Å². The zero-order valence-electron chi connectivity index (χ0n) is 13.6. The Morgan fingerprint density at radius 1 is 1.05 bits per heavy atom. The highest BCUT2D eigenvalue weighted by Crippen LogP contribution is 2.25. The van der Waals surface area contributed by atoms with Gasteiger partial charge in [0.2, 0.25) is 0 Å². The highest BCUT2D eigenvalue weighted by molar-refractivity contribution is 5.39. The third-order valence-corrected chi connectivity index (χ3v) is 4.43. The second-order valence-electron chi connectivity index (χ2n) is 6.28. The minimum atomic E-state index is 0.471. The number of nitrogens with one attached hydrogen (secondary N) is 1. The zero-order chi connectivity index (χ0) is 14.5. The van der Waals surface area contributed by atoms with Crippen molar-refractivity contribution in [2.24, 2.45) is 0 Å². The molecule has 2 rings (SSSR count). The molecule has 0 spiro atoms. The van der Waals surface area contributed by atoms with Gasteiger partial charge in [-0.3, -0.25) is 0 Å². The van der Waals surface area contributed by atoms with Crippen molar-refractivity contribution in [1.82, 2.24) is 10.2 Å². The van der Waals surface area contributed by atoms with Gasteiger partial charge in [0.25, 0.3) is 0 Å². The van der Waals surface area contributed by atoms with Crippen LogP contribution in [0.5, 0.6) is 0 Å². The molecule has 0 radical (unpaired) electrons. The van der Waals surface area contributed by atoms with Crippen LogP contribution >= 0.6 is 0 Å². The van der Waals surface area contributed by atoms with Crippen LogP contribution in [0.25, 0.3) is 0 Å². The molecule has 1 atom stereocenters. The monoisotopic (exact) mass is 274 g/mol. The first-order valence-electron chi connectivity index (χ1n) is 8.15. The number of nitrogens with zero attached hydrogens (tertiary/aromatic N) is 1. The van der Waals surface area contributed by atoms with Gasteiger partial charge in [-0.15, -0.1) is 0 Å². The summed E-state index contributed by atoms with van der Waals surface area (Å²) in [5.74, 6) is 0. The maximum Gasteiger partial charge on any atom is 0.0454 e. The van der Waals surface area contributed by atoms with E-state index < -0.39 is 0 Å². The fourth-order valence-electron chi connectivity index (χ4n) is 3.65. The van der Waals surface area contributed by atoms with Crippen LogP contribution in [-0.2, 0) is 0 Å². The topological polar surface area (TPSA) is 15.3 Å². The average molecular weight is 274 g/mol. The maximum atomic E-state index is 3.71. The van der Waals surface area contributed by atoms with E-state index in [1.165, 1.54) is 54.6 Å². The first-order valence-corrected chi connectivity index (χ1v) is 8.15. The molecule has 20 heavy (non-hydrogen) atoms. The molecule has 1 aliphatic rings. The van der Waals surface area contributed by atoms with Crippen molar-refractivity contribution in [2.75, 3.05) is 26.2 Å². The van der Waals surface area contributed by atoms with Gasteiger partial charge in [0, 0.05) is 12.6 Å². The molecule has 1 saturated heterocycles. The van der Waals surface area contributed by atoms with Gasteiger partial charge < -0.3 is 10.2 Å². The molecule has 0 bridgehead atoms. The summed E-state index contributed by atoms with van der Waals surface area (Å²) in [7, 11) is 0. The standard InChI is InChI=1S/C18H30N2/c1-5-19-17(13-20-9-7-6-8-10-20)18-15(3)11-14(2)12-16(18)4/h11-12,17,19H,5-10,13H2,1-4H3. The highest BCUT2D eigenvalue weighted by Gasteiger charge is 2.20. The molecule has 1 aromatic carbocycles. The number of hydrogen-bond acceptors (Lipinski definition) is 2. The molecular formula is C18H30N2. The number of rotatable bonds is 5. The summed E-state index contributed by atoms with van der Waals surface area (Å²) in [4.78, 5) is 2.63. The summed E-state index contributed by atoms with van der Waals surface area (Å²) in [6.45, 7) is 13.6. The minimum absolute atomic E-state index is 0.471. The van der Waals surface area contributed by atoms with Gasteiger partial charge in [0.15, 0.2) is 0 Å². The molecule has 0 aliphatic carbocycles. The van der Waals surface area contributed by atoms with E-state index in [-0.39, 0.29) is 0 Å². The number of likely N-dealkylation sites (N-methyl/N-ethyl adjacent to an activating group) is 1. The lowest BCUT2D eigenvalue weighted by atomic mass is 9.93. The predicted octanol–water partition coefficient (Wildman–Crippen LogP) is 3.75. The van der Waals surface area contributed by atoms with Gasteiger partial charge in [-0.05, 0) is 69.9 Å². The van der Waals surface area contributed by atoms with Gasteiger partial charge >= 0.3 is 0 Å². The minimum Gasteiger partial charge on any atom is -0.309 e. The van der Waals surface area contributed by atoms with E-state index in [1.807, 2.05) is 0 Å². The first-order chi connectivity index (χ1) is 9.61. The average Bonchev–Trinajstić information content (AvgIpc) is 2.39. The van der Waals surface area contributed by atoms with Crippen LogP contribution in [0, 0.1) is 20.8 Å². The molecule has 1 unspecified atom stereocenters. The maximum absolute atomic E-state index is 3.71. The van der Waals surface area contributed by atoms with Crippen LogP contribution in [0.2, 0.25) is 0 Å². The number of likely N-dealkylation sites (tertiary alicyclic amines) is 1. The van der Waals surface area contributed by atoms with Gasteiger partial charge in [0.1, 0.15) is 0 Å². The van der Waals surface area contributed by atoms with Gasteiger partial charge in [0.05, 0.1) is 0 Å². The first kappa shape index (κ1) is 15.5. The Hall–Kier alpha value is -0.860. The molecule has 0 saturated carbocycles. The molecular weight excluding hydrogens is 244 g/mol. The smallest absolute Gasteiger partial charge is 0.0454 e. The van der Waals surface area contributed by atoms with Gasteiger partial charge in [-0.1, -0.05) is 31.0 Å². The van der Waals surface area contributed by atoms with Crippen molar-refractivity contribution in [1.29, 1.82) is 0 Å². The molecule has 1 aromatic rings. The van der Waals surface area contributed by atoms with Crippen molar-refractivity contribution in [3.05, 3.63) is 34.4 Å². The van der Waals surface area contributed by atoms with Crippen molar-refractivity contribution < 1.29 is 0 Å². The Labute approximate surface area is 124 Å². The summed E-state index contributed by atoms with van der Waals surface area (Å²) in [5, 5.41) is 3.71. The zero-order valence-corrected chi connectivity index (χ0v) is 13.6. The SMILES string of the molecule is CCNC(CN1CCCCC1)c1c(C)cc(C)cc1C. The lowest BCUT2D eigenvalue weighted by molar-refractivity contribution is 0.205. The fourth-order valence-corrected chi connectivity index (χ4v) is 3.65. The summed E-state index contributed by atoms with van der Waals surface area (Å²) in [5.41, 5.74) is 5.76. The number of hydrogen-bond donors (Lipinski definition) is 1. The summed E-state index contributed by atoms with van der Waals surface area (Å²) < 4.78 is 0. The fraction of sp³-hybridized carbons (Fsp3) is 0.667. The number of benzene rings is 1. The van der Waals surface area contributed by atoms with E-state index in [1.54, 1.807) is 0 Å². The lowest BCUT2D eigenvalue weighted by Crippen LogP contribution is -2.38. The van der Waals surface area contributed by atoms with Crippen LogP contribution in [0.15, 0.2) is 12.1 Å². The molecule has 0 amide bonds. The van der Waals surface area contributed by atoms with E-state index in [0.29, 0.717) is 6.04 Å². The number of piperidine rings is 1. The van der Waals surface area contributed by atoms with Crippen LogP contribution < -0.4 is 5.32 Å². The van der Waals surface area contributed by atoms with Crippen LogP contribution in [0.1, 0.15) is 54.5 Å². The third kappa shape index (κ3) is 3.83. The van der Waals surface area contributed by atoms with E-state index in [4.69, 9.17) is 0 Å². The second-order valence-corrected chi connectivity index (χ2v) is 6.28. The van der Waals surface area contributed by atoms with Crippen molar-refractivity contribution in [3.8, 4) is 0 Å². The third-order valence-electron chi connectivity index (χ3n) is 4.43. The summed E-state index contributed by atoms with van der Waals surface area (Å²) in [6, 6.07) is 5.12. The van der Waals surface area contributed by atoms with Crippen molar-refractivity contribution in [2.45, 2.75) is 53.0 Å². The van der Waals surface area contributed by atoms with Crippen LogP contribution in [0.4, 0.5) is 0 Å². The van der Waals surface area contributed by atoms with Crippen molar-refractivity contribution >= 4 is 0 Å². The summed E-state index contributed by atoms with van der Waals surface area (Å²) in [6.07, 6.45) is 4.14. The highest BCUT2D eigenvalue weighted by atomic mass is 15.2. The summed E-state index contributed by atoms with van der Waals surface area (Å²) >= 11 is 0. The largest absolute Gasteiger partial charge is 0.309 e. The molecule has 2 heteroatoms. The molecule has 1 N–H and O–H groups in total. The lowest BCUT2D eigenvalue weighted by Gasteiger charge is -2.32. The van der Waals surface area contributed by atoms with E-state index in [2.05, 4.69) is 50.0 Å². The van der Waals surface area contributed by atoms with Crippen molar-refractivity contribution in [3.63, 3.8) is 0 Å². The Bertz CT molecular complexity index is 410. The Morgan fingerprint density at radius 3 is 2.20 bits per heavy atom. The molecule has 112 valence electrons. The Kier molecular flexibility index (Phi) is 5.62. The second kappa shape index (κ2) is 7.24. The molecule has 1 aliphatic heterocycles. The molecule has 1 heterocycles. The Morgan fingerprint density at radius 2 is 1.65 bits per heavy atom. The molecule has 0 aromatic heterocycles. The Balaban J connectivity index is 2.19. The van der Waals surface area contributed by atoms with E-state index in [9.17, 15) is 0 Å². The van der Waals surface area contributed by atoms with Crippen LogP contribution in [-0.4, -0.2) is 31.1 Å². The normalized spacial score (nSPS) is 18.2. The quantitative estimate of drug-likeness (QED) is 0.879. The predicted molar refractivity (Wildman–Crippen MR) is 87.4 cm³/mol. The molecule has 1 fully saturated rings. The van der Waals surface area contributed by atoms with Gasteiger partial charge in [-0.2, -0.15) is 0 Å². The van der Waals surface area contributed by atoms with E-state index >= 15 is 0 Å². The number of aryl methyl sites for hydroxylation is 3. The molecule has 2 nitrogen and oxygen atoms in total. The van der Waals surface area contributed by atoms with E-state index in [0.717, 1.165) is 13.1 Å².